The van der Waals surface area contributed by atoms with E-state index in [2.05, 4.69) is 22.7 Å². The lowest BCUT2D eigenvalue weighted by molar-refractivity contribution is 0.172. The van der Waals surface area contributed by atoms with E-state index in [4.69, 9.17) is 25.6 Å². The number of ether oxygens (including phenoxy) is 2. The van der Waals surface area contributed by atoms with Crippen LogP contribution in [0.4, 0.5) is 0 Å². The molecule has 0 radical (unpaired) electrons. The largest absolute Gasteiger partial charge is 0.492 e. The van der Waals surface area contributed by atoms with E-state index < -0.39 is 5.63 Å². The van der Waals surface area contributed by atoms with Crippen LogP contribution in [0.15, 0.2) is 33.7 Å². The molecule has 0 amide bonds. The number of nitrogens with zero attached hydrogens (tertiary/aromatic N) is 2. The molecule has 29 heavy (non-hydrogen) atoms. The Morgan fingerprint density at radius 3 is 2.90 bits per heavy atom. The van der Waals surface area contributed by atoms with Crippen LogP contribution in [0.3, 0.4) is 0 Å². The zero-order valence-corrected chi connectivity index (χ0v) is 17.5. The van der Waals surface area contributed by atoms with E-state index >= 15 is 0 Å². The molecule has 1 atom stereocenters. The van der Waals surface area contributed by atoms with Gasteiger partial charge in [0.05, 0.1) is 17.3 Å². The van der Waals surface area contributed by atoms with Crippen molar-refractivity contribution in [3.63, 3.8) is 0 Å². The molecule has 3 aliphatic heterocycles. The van der Waals surface area contributed by atoms with Crippen molar-refractivity contribution in [3.8, 4) is 28.3 Å². The SMILES string of the molecule is CCCCC1Cc2cc(OCCCOC)c(Cl)cc2-c2cc3noc(=O)c-3cn21. The molecule has 3 aliphatic rings. The maximum Gasteiger partial charge on any atom is 0.369 e. The molecule has 154 valence electrons. The van der Waals surface area contributed by atoms with Gasteiger partial charge in [0.2, 0.25) is 0 Å². The van der Waals surface area contributed by atoms with Crippen LogP contribution < -0.4 is 10.4 Å². The third-order valence-electron chi connectivity index (χ3n) is 5.47. The van der Waals surface area contributed by atoms with Crippen molar-refractivity contribution >= 4 is 11.6 Å². The molecule has 0 fully saturated rings. The molecule has 0 saturated heterocycles. The average molecular weight is 417 g/mol. The molecule has 7 heteroatoms. The highest BCUT2D eigenvalue weighted by Crippen LogP contribution is 2.42. The summed E-state index contributed by atoms with van der Waals surface area (Å²) in [7, 11) is 1.68. The summed E-state index contributed by atoms with van der Waals surface area (Å²) >= 11 is 6.53. The Hall–Kier alpha value is -2.31. The molecule has 0 saturated carbocycles. The Balaban J connectivity index is 1.76. The van der Waals surface area contributed by atoms with Gasteiger partial charge in [0.15, 0.2) is 0 Å². The Morgan fingerprint density at radius 1 is 1.24 bits per heavy atom. The minimum absolute atomic E-state index is 0.263. The standard InChI is InChI=1S/C22H25ClN2O4/c1-3-4-6-15-9-14-10-21(28-8-5-7-27-2)18(23)11-16(14)20-12-19-17(13-25(15)20)22(26)29-24-19/h10-13,15H,3-9H2,1-2H3. The molecule has 0 N–H and O–H groups in total. The lowest BCUT2D eigenvalue weighted by Crippen LogP contribution is -2.21. The van der Waals surface area contributed by atoms with Gasteiger partial charge >= 0.3 is 5.63 Å². The van der Waals surface area contributed by atoms with Crippen molar-refractivity contribution in [3.05, 3.63) is 45.4 Å². The maximum absolute atomic E-state index is 12.0. The molecular weight excluding hydrogens is 392 g/mol. The molecule has 1 aromatic carbocycles. The monoisotopic (exact) mass is 416 g/mol. The number of unbranched alkanes of at least 4 members (excludes halogenated alkanes) is 1. The zero-order chi connectivity index (χ0) is 20.4. The smallest absolute Gasteiger partial charge is 0.369 e. The van der Waals surface area contributed by atoms with Gasteiger partial charge in [-0.2, -0.15) is 0 Å². The molecule has 1 unspecified atom stereocenters. The molecule has 1 aromatic rings. The molecule has 4 rings (SSSR count). The highest BCUT2D eigenvalue weighted by atomic mass is 35.5. The Bertz CT molecular complexity index is 1030. The second-order valence-electron chi connectivity index (χ2n) is 7.47. The number of halogens is 1. The van der Waals surface area contributed by atoms with E-state index in [0.717, 1.165) is 43.4 Å². The first-order valence-electron chi connectivity index (χ1n) is 10.1. The number of hydrogen-bond donors (Lipinski definition) is 0. The van der Waals surface area contributed by atoms with Gasteiger partial charge in [-0.25, -0.2) is 4.79 Å². The van der Waals surface area contributed by atoms with Gasteiger partial charge in [0.1, 0.15) is 17.0 Å². The Labute approximate surface area is 174 Å². The number of aromatic nitrogens is 2. The van der Waals surface area contributed by atoms with Crippen molar-refractivity contribution in [2.75, 3.05) is 20.3 Å². The van der Waals surface area contributed by atoms with Crippen molar-refractivity contribution in [1.29, 1.82) is 0 Å². The van der Waals surface area contributed by atoms with Crippen LogP contribution in [0.1, 0.15) is 44.2 Å². The summed E-state index contributed by atoms with van der Waals surface area (Å²) in [6.07, 6.45) is 6.83. The van der Waals surface area contributed by atoms with E-state index in [1.165, 1.54) is 5.56 Å². The average Bonchev–Trinajstić information content (AvgIpc) is 3.09. The molecular formula is C22H25ClN2O4. The minimum atomic E-state index is -0.395. The number of methoxy groups -OCH3 is 1. The Kier molecular flexibility index (Phi) is 5.92. The highest BCUT2D eigenvalue weighted by molar-refractivity contribution is 6.32. The van der Waals surface area contributed by atoms with Crippen molar-refractivity contribution in [1.82, 2.24) is 9.72 Å². The third-order valence-corrected chi connectivity index (χ3v) is 5.76. The summed E-state index contributed by atoms with van der Waals surface area (Å²) in [5, 5.41) is 4.49. The van der Waals surface area contributed by atoms with E-state index in [1.54, 1.807) is 7.11 Å². The summed E-state index contributed by atoms with van der Waals surface area (Å²) in [6.45, 7) is 3.40. The van der Waals surface area contributed by atoms with E-state index in [1.807, 2.05) is 18.3 Å². The van der Waals surface area contributed by atoms with Crippen molar-refractivity contribution < 1.29 is 14.0 Å². The second-order valence-corrected chi connectivity index (χ2v) is 7.88. The summed E-state index contributed by atoms with van der Waals surface area (Å²) < 4.78 is 18.0. The first-order chi connectivity index (χ1) is 14.1. The van der Waals surface area contributed by atoms with Crippen LogP contribution in [0.2, 0.25) is 5.02 Å². The number of rotatable bonds is 8. The molecule has 0 spiro atoms. The molecule has 0 aliphatic carbocycles. The van der Waals surface area contributed by atoms with Crippen LogP contribution in [-0.2, 0) is 11.2 Å². The number of pyridine rings is 1. The maximum atomic E-state index is 12.0. The summed E-state index contributed by atoms with van der Waals surface area (Å²) in [6, 6.07) is 6.19. The predicted octanol–water partition coefficient (Wildman–Crippen LogP) is 4.96. The van der Waals surface area contributed by atoms with Crippen molar-refractivity contribution in [2.45, 2.75) is 45.1 Å². The summed E-state index contributed by atoms with van der Waals surface area (Å²) in [4.78, 5) is 12.0. The zero-order valence-electron chi connectivity index (χ0n) is 16.7. The topological polar surface area (TPSA) is 66.5 Å². The quantitative estimate of drug-likeness (QED) is 0.485. The van der Waals surface area contributed by atoms with Crippen LogP contribution in [0.25, 0.3) is 22.5 Å². The lowest BCUT2D eigenvalue weighted by Gasteiger charge is -2.31. The third kappa shape index (κ3) is 3.91. The summed E-state index contributed by atoms with van der Waals surface area (Å²) in [5.74, 6) is 0.702. The van der Waals surface area contributed by atoms with Gasteiger partial charge in [-0.05, 0) is 36.6 Å². The van der Waals surface area contributed by atoms with Gasteiger partial charge in [0.25, 0.3) is 0 Å². The summed E-state index contributed by atoms with van der Waals surface area (Å²) in [5.41, 5.74) is 3.93. The molecule has 6 nitrogen and oxygen atoms in total. The van der Waals surface area contributed by atoms with Gasteiger partial charge < -0.3 is 18.6 Å². The fourth-order valence-electron chi connectivity index (χ4n) is 3.98. The van der Waals surface area contributed by atoms with Gasteiger partial charge in [-0.3, -0.25) is 0 Å². The van der Waals surface area contributed by atoms with Gasteiger partial charge in [-0.1, -0.05) is 36.5 Å². The van der Waals surface area contributed by atoms with E-state index in [9.17, 15) is 4.79 Å². The molecule has 0 bridgehead atoms. The van der Waals surface area contributed by atoms with Gasteiger partial charge in [0, 0.05) is 37.9 Å². The number of fused-ring (bicyclic) bond motifs is 4. The van der Waals surface area contributed by atoms with Crippen molar-refractivity contribution in [2.24, 2.45) is 0 Å². The Morgan fingerprint density at radius 2 is 2.10 bits per heavy atom. The van der Waals surface area contributed by atoms with Crippen LogP contribution >= 0.6 is 11.6 Å². The number of benzene rings is 1. The molecule has 3 heterocycles. The second kappa shape index (κ2) is 8.59. The van der Waals surface area contributed by atoms with Crippen LogP contribution in [-0.4, -0.2) is 30.0 Å². The molecule has 0 aromatic heterocycles. The van der Waals surface area contributed by atoms with Gasteiger partial charge in [-0.15, -0.1) is 0 Å². The number of hydrogen-bond acceptors (Lipinski definition) is 5. The predicted molar refractivity (Wildman–Crippen MR) is 112 cm³/mol. The highest BCUT2D eigenvalue weighted by Gasteiger charge is 2.28. The first kappa shape index (κ1) is 20.0. The fourth-order valence-corrected chi connectivity index (χ4v) is 4.20. The van der Waals surface area contributed by atoms with E-state index in [-0.39, 0.29) is 6.04 Å². The minimum Gasteiger partial charge on any atom is -0.492 e. The van der Waals surface area contributed by atoms with Crippen LogP contribution in [0.5, 0.6) is 5.75 Å². The lowest BCUT2D eigenvalue weighted by atomic mass is 9.89. The van der Waals surface area contributed by atoms with Crippen LogP contribution in [0, 0.1) is 0 Å². The first-order valence-corrected chi connectivity index (χ1v) is 10.5. The fraction of sp³-hybridized carbons (Fsp3) is 0.455. The normalized spacial score (nSPS) is 15.3. The van der Waals surface area contributed by atoms with E-state index in [0.29, 0.717) is 35.2 Å².